The lowest BCUT2D eigenvalue weighted by atomic mass is 10.1. The summed E-state index contributed by atoms with van der Waals surface area (Å²) in [5.74, 6) is 0.978. The van der Waals surface area contributed by atoms with Crippen LogP contribution in [0.5, 0.6) is 0 Å². The van der Waals surface area contributed by atoms with Crippen LogP contribution < -0.4 is 5.14 Å². The highest BCUT2D eigenvalue weighted by Crippen LogP contribution is 2.22. The molecule has 26 heavy (non-hydrogen) atoms. The second-order valence-corrected chi connectivity index (χ2v) is 7.52. The molecular formula is C17H19N5O3S. The fourth-order valence-electron chi connectivity index (χ4n) is 2.47. The molecule has 0 fully saturated rings. The molecule has 2 aromatic heterocycles. The molecule has 3 rings (SSSR count). The Balaban J connectivity index is 1.70. The predicted octanol–water partition coefficient (Wildman–Crippen LogP) is 1.97. The molecule has 0 aliphatic rings. The number of benzene rings is 1. The normalized spacial score (nSPS) is 13.1. The first kappa shape index (κ1) is 18.2. The van der Waals surface area contributed by atoms with Crippen LogP contribution >= 0.6 is 0 Å². The molecular weight excluding hydrogens is 354 g/mol. The first-order valence-corrected chi connectivity index (χ1v) is 9.45. The fourth-order valence-corrected chi connectivity index (χ4v) is 2.99. The molecule has 0 bridgehead atoms. The van der Waals surface area contributed by atoms with E-state index in [4.69, 9.17) is 9.66 Å². The van der Waals surface area contributed by atoms with Crippen molar-refractivity contribution in [1.29, 1.82) is 0 Å². The minimum atomic E-state index is -3.69. The highest BCUT2D eigenvalue weighted by Gasteiger charge is 2.17. The van der Waals surface area contributed by atoms with Gasteiger partial charge >= 0.3 is 0 Å². The summed E-state index contributed by atoms with van der Waals surface area (Å²) in [6.45, 7) is 2.45. The number of primary sulfonamides is 1. The van der Waals surface area contributed by atoms with E-state index in [0.717, 1.165) is 11.1 Å². The Hall–Kier alpha value is -2.62. The smallest absolute Gasteiger partial charge is 0.241 e. The van der Waals surface area contributed by atoms with Gasteiger partial charge in [-0.3, -0.25) is 9.88 Å². The molecule has 1 aromatic carbocycles. The van der Waals surface area contributed by atoms with Crippen molar-refractivity contribution >= 4 is 10.0 Å². The first-order chi connectivity index (χ1) is 12.3. The zero-order chi connectivity index (χ0) is 18.7. The van der Waals surface area contributed by atoms with E-state index in [1.807, 2.05) is 31.0 Å². The minimum absolute atomic E-state index is 0.0123. The molecule has 0 aliphatic heterocycles. The summed E-state index contributed by atoms with van der Waals surface area (Å²) in [6, 6.07) is 10.2. The van der Waals surface area contributed by atoms with Gasteiger partial charge in [-0.15, -0.1) is 0 Å². The third-order valence-electron chi connectivity index (χ3n) is 4.12. The standard InChI is InChI=1S/C17H19N5O3S/c1-12(13-5-7-15(8-6-13)26(18,23)24)22(2)11-16-20-17(21-25-16)14-4-3-9-19-10-14/h3-10,12H,11H2,1-2H3,(H2,18,23,24). The maximum absolute atomic E-state index is 11.3. The van der Waals surface area contributed by atoms with Crippen molar-refractivity contribution in [2.24, 2.45) is 5.14 Å². The van der Waals surface area contributed by atoms with Gasteiger partial charge in [0.2, 0.25) is 21.7 Å². The molecule has 2 N–H and O–H groups in total. The summed E-state index contributed by atoms with van der Waals surface area (Å²) in [7, 11) is -1.77. The molecule has 0 spiro atoms. The first-order valence-electron chi connectivity index (χ1n) is 7.90. The highest BCUT2D eigenvalue weighted by atomic mass is 32.2. The van der Waals surface area contributed by atoms with Crippen molar-refractivity contribution in [3.63, 3.8) is 0 Å². The van der Waals surface area contributed by atoms with Gasteiger partial charge in [0.1, 0.15) is 0 Å². The van der Waals surface area contributed by atoms with E-state index >= 15 is 0 Å². The maximum Gasteiger partial charge on any atom is 0.241 e. The van der Waals surface area contributed by atoms with Gasteiger partial charge in [-0.25, -0.2) is 13.6 Å². The molecule has 2 heterocycles. The van der Waals surface area contributed by atoms with E-state index in [1.54, 1.807) is 24.5 Å². The minimum Gasteiger partial charge on any atom is -0.338 e. The van der Waals surface area contributed by atoms with Crippen LogP contribution in [0.4, 0.5) is 0 Å². The summed E-state index contributed by atoms with van der Waals surface area (Å²) < 4.78 is 28.0. The van der Waals surface area contributed by atoms with Gasteiger partial charge in [-0.2, -0.15) is 4.98 Å². The number of nitrogens with two attached hydrogens (primary N) is 1. The average Bonchev–Trinajstić information content (AvgIpc) is 3.09. The summed E-state index contributed by atoms with van der Waals surface area (Å²) in [5.41, 5.74) is 1.74. The predicted molar refractivity (Wildman–Crippen MR) is 95.2 cm³/mol. The Bertz CT molecular complexity index is 971. The topological polar surface area (TPSA) is 115 Å². The molecule has 0 radical (unpaired) electrons. The molecule has 136 valence electrons. The Morgan fingerprint density at radius 1 is 1.23 bits per heavy atom. The number of hydrogen-bond donors (Lipinski definition) is 1. The lowest BCUT2D eigenvalue weighted by Gasteiger charge is -2.23. The molecule has 0 saturated heterocycles. The third kappa shape index (κ3) is 4.13. The van der Waals surface area contributed by atoms with Crippen molar-refractivity contribution in [2.75, 3.05) is 7.05 Å². The van der Waals surface area contributed by atoms with Crippen LogP contribution in [0.1, 0.15) is 24.4 Å². The Morgan fingerprint density at radius 3 is 2.58 bits per heavy atom. The van der Waals surface area contributed by atoms with E-state index in [2.05, 4.69) is 15.1 Å². The summed E-state index contributed by atoms with van der Waals surface area (Å²) >= 11 is 0. The van der Waals surface area contributed by atoms with Crippen LogP contribution in [-0.4, -0.2) is 35.5 Å². The number of sulfonamides is 1. The van der Waals surface area contributed by atoms with Gasteiger partial charge < -0.3 is 4.52 Å². The SMILES string of the molecule is CC(c1ccc(S(N)(=O)=O)cc1)N(C)Cc1nc(-c2cccnc2)no1. The van der Waals surface area contributed by atoms with Crippen LogP contribution in [0.25, 0.3) is 11.4 Å². The van der Waals surface area contributed by atoms with Crippen LogP contribution in [0.3, 0.4) is 0 Å². The Kier molecular flexibility index (Phi) is 5.12. The van der Waals surface area contributed by atoms with E-state index in [9.17, 15) is 8.42 Å². The van der Waals surface area contributed by atoms with Crippen molar-refractivity contribution in [3.05, 3.63) is 60.2 Å². The lowest BCUT2D eigenvalue weighted by Crippen LogP contribution is -2.22. The lowest BCUT2D eigenvalue weighted by molar-refractivity contribution is 0.216. The summed E-state index contributed by atoms with van der Waals surface area (Å²) in [5, 5.41) is 9.10. The monoisotopic (exact) mass is 373 g/mol. The van der Waals surface area contributed by atoms with Crippen LogP contribution in [0.2, 0.25) is 0 Å². The average molecular weight is 373 g/mol. The number of aromatic nitrogens is 3. The molecule has 8 nitrogen and oxygen atoms in total. The maximum atomic E-state index is 11.3. The Labute approximate surface area is 151 Å². The van der Waals surface area contributed by atoms with Crippen molar-refractivity contribution in [2.45, 2.75) is 24.4 Å². The van der Waals surface area contributed by atoms with Crippen LogP contribution in [0, 0.1) is 0 Å². The zero-order valence-electron chi connectivity index (χ0n) is 14.4. The van der Waals surface area contributed by atoms with E-state index in [0.29, 0.717) is 18.3 Å². The van der Waals surface area contributed by atoms with Crippen LogP contribution in [0.15, 0.2) is 58.2 Å². The Morgan fingerprint density at radius 2 is 1.96 bits per heavy atom. The van der Waals surface area contributed by atoms with Gasteiger partial charge in [-0.1, -0.05) is 17.3 Å². The quantitative estimate of drug-likeness (QED) is 0.702. The third-order valence-corrected chi connectivity index (χ3v) is 5.05. The van der Waals surface area contributed by atoms with E-state index in [1.165, 1.54) is 12.1 Å². The van der Waals surface area contributed by atoms with Gasteiger partial charge in [0.05, 0.1) is 11.4 Å². The zero-order valence-corrected chi connectivity index (χ0v) is 15.2. The summed E-state index contributed by atoms with van der Waals surface area (Å²) in [6.07, 6.45) is 3.36. The van der Waals surface area contributed by atoms with Crippen molar-refractivity contribution in [3.8, 4) is 11.4 Å². The molecule has 0 amide bonds. The molecule has 0 aliphatic carbocycles. The second-order valence-electron chi connectivity index (χ2n) is 5.96. The van der Waals surface area contributed by atoms with Gasteiger partial charge in [-0.05, 0) is 43.8 Å². The van der Waals surface area contributed by atoms with E-state index in [-0.39, 0.29) is 10.9 Å². The van der Waals surface area contributed by atoms with Gasteiger partial charge in [0.25, 0.3) is 0 Å². The second kappa shape index (κ2) is 7.32. The number of rotatable bonds is 6. The van der Waals surface area contributed by atoms with Gasteiger partial charge in [0.15, 0.2) is 0 Å². The summed E-state index contributed by atoms with van der Waals surface area (Å²) in [4.78, 5) is 10.5. The van der Waals surface area contributed by atoms with Crippen LogP contribution in [-0.2, 0) is 16.6 Å². The molecule has 0 saturated carbocycles. The largest absolute Gasteiger partial charge is 0.338 e. The number of hydrogen-bond acceptors (Lipinski definition) is 7. The number of pyridine rings is 1. The molecule has 1 unspecified atom stereocenters. The van der Waals surface area contributed by atoms with Gasteiger partial charge in [0, 0.05) is 24.0 Å². The van der Waals surface area contributed by atoms with E-state index < -0.39 is 10.0 Å². The van der Waals surface area contributed by atoms with Crippen molar-refractivity contribution < 1.29 is 12.9 Å². The molecule has 9 heteroatoms. The fraction of sp³-hybridized carbons (Fsp3) is 0.235. The molecule has 1 atom stereocenters. The number of nitrogens with zero attached hydrogens (tertiary/aromatic N) is 4. The van der Waals surface area contributed by atoms with Crippen molar-refractivity contribution in [1.82, 2.24) is 20.0 Å². The highest BCUT2D eigenvalue weighted by molar-refractivity contribution is 7.89. The molecule has 3 aromatic rings.